The molecular formula is C30H34F2N2O2. The Morgan fingerprint density at radius 1 is 1.14 bits per heavy atom. The second-order valence-corrected chi connectivity index (χ2v) is 10.6. The molecule has 2 aliphatic heterocycles. The van der Waals surface area contributed by atoms with Crippen LogP contribution in [0.15, 0.2) is 54.6 Å². The van der Waals surface area contributed by atoms with Crippen LogP contribution >= 0.6 is 0 Å². The predicted molar refractivity (Wildman–Crippen MR) is 138 cm³/mol. The van der Waals surface area contributed by atoms with Crippen LogP contribution in [0.1, 0.15) is 42.9 Å². The Labute approximate surface area is 211 Å². The SMILES string of the molecule is C[C@@H]1CN(CC(O)C2CCN(C(=O)C=Cc3cc(F)cc(F)c3)CC2)CC[C@@]12C=Cc1ccccc12. The van der Waals surface area contributed by atoms with Gasteiger partial charge < -0.3 is 14.9 Å². The third kappa shape index (κ3) is 5.02. The van der Waals surface area contributed by atoms with E-state index in [0.717, 1.165) is 38.4 Å². The summed E-state index contributed by atoms with van der Waals surface area (Å²) >= 11 is 0. The number of carbonyl (C=O) groups excluding carboxylic acids is 1. The van der Waals surface area contributed by atoms with Gasteiger partial charge in [0.25, 0.3) is 0 Å². The smallest absolute Gasteiger partial charge is 0.246 e. The van der Waals surface area contributed by atoms with E-state index < -0.39 is 17.7 Å². The van der Waals surface area contributed by atoms with Crippen LogP contribution in [0.5, 0.6) is 0 Å². The molecule has 2 aromatic carbocycles. The van der Waals surface area contributed by atoms with Gasteiger partial charge in [-0.15, -0.1) is 0 Å². The van der Waals surface area contributed by atoms with E-state index in [1.54, 1.807) is 4.90 Å². The Morgan fingerprint density at radius 2 is 1.86 bits per heavy atom. The minimum atomic E-state index is -0.667. The van der Waals surface area contributed by atoms with Gasteiger partial charge in [0, 0.05) is 43.7 Å². The number of halogens is 2. The minimum Gasteiger partial charge on any atom is -0.392 e. The number of rotatable bonds is 5. The lowest BCUT2D eigenvalue weighted by atomic mass is 9.68. The first-order valence-corrected chi connectivity index (χ1v) is 13.0. The van der Waals surface area contributed by atoms with Crippen LogP contribution in [0.4, 0.5) is 8.78 Å². The van der Waals surface area contributed by atoms with Crippen LogP contribution < -0.4 is 0 Å². The summed E-state index contributed by atoms with van der Waals surface area (Å²) in [4.78, 5) is 16.7. The number of hydrogen-bond acceptors (Lipinski definition) is 3. The van der Waals surface area contributed by atoms with Crippen LogP contribution in [-0.4, -0.2) is 59.6 Å². The number of hydrogen-bond donors (Lipinski definition) is 1. The van der Waals surface area contributed by atoms with Gasteiger partial charge in [0.05, 0.1) is 6.10 Å². The Hall–Kier alpha value is -2.83. The van der Waals surface area contributed by atoms with Crippen LogP contribution in [0.25, 0.3) is 12.2 Å². The number of aliphatic hydroxyl groups is 1. The lowest BCUT2D eigenvalue weighted by Gasteiger charge is -2.45. The molecule has 190 valence electrons. The van der Waals surface area contributed by atoms with Gasteiger partial charge in [-0.2, -0.15) is 0 Å². The highest BCUT2D eigenvalue weighted by molar-refractivity contribution is 5.91. The topological polar surface area (TPSA) is 43.8 Å². The monoisotopic (exact) mass is 492 g/mol. The first kappa shape index (κ1) is 24.8. The second kappa shape index (κ2) is 10.3. The lowest BCUT2D eigenvalue weighted by molar-refractivity contribution is -0.128. The number of benzene rings is 2. The van der Waals surface area contributed by atoms with E-state index in [0.29, 0.717) is 31.1 Å². The third-order valence-corrected chi connectivity index (χ3v) is 8.42. The highest BCUT2D eigenvalue weighted by Gasteiger charge is 2.43. The number of nitrogens with zero attached hydrogens (tertiary/aromatic N) is 2. The zero-order valence-corrected chi connectivity index (χ0v) is 20.7. The van der Waals surface area contributed by atoms with E-state index in [-0.39, 0.29) is 17.2 Å². The van der Waals surface area contributed by atoms with Gasteiger partial charge in [-0.05, 0) is 72.5 Å². The quantitative estimate of drug-likeness (QED) is 0.605. The Balaban J connectivity index is 1.11. The van der Waals surface area contributed by atoms with E-state index in [1.165, 1.54) is 35.4 Å². The molecule has 1 N–H and O–H groups in total. The summed E-state index contributed by atoms with van der Waals surface area (Å²) in [7, 11) is 0. The molecule has 36 heavy (non-hydrogen) atoms. The molecule has 1 spiro atoms. The van der Waals surface area contributed by atoms with Crippen molar-refractivity contribution < 1.29 is 18.7 Å². The molecule has 1 unspecified atom stereocenters. The fraction of sp³-hybridized carbons (Fsp3) is 0.433. The number of amides is 1. The second-order valence-electron chi connectivity index (χ2n) is 10.6. The Morgan fingerprint density at radius 3 is 2.58 bits per heavy atom. The van der Waals surface area contributed by atoms with E-state index in [9.17, 15) is 18.7 Å². The fourth-order valence-corrected chi connectivity index (χ4v) is 6.30. The largest absolute Gasteiger partial charge is 0.392 e. The van der Waals surface area contributed by atoms with Crippen molar-refractivity contribution in [2.45, 2.75) is 37.7 Å². The molecule has 0 aromatic heterocycles. The molecule has 2 saturated heterocycles. The normalized spacial score (nSPS) is 25.6. The predicted octanol–water partition coefficient (Wildman–Crippen LogP) is 4.88. The highest BCUT2D eigenvalue weighted by Crippen LogP contribution is 2.46. The van der Waals surface area contributed by atoms with E-state index in [2.05, 4.69) is 48.2 Å². The van der Waals surface area contributed by atoms with E-state index >= 15 is 0 Å². The number of aliphatic hydroxyl groups excluding tert-OH is 1. The molecule has 2 fully saturated rings. The molecule has 5 rings (SSSR count). The van der Waals surface area contributed by atoms with Gasteiger partial charge in [-0.25, -0.2) is 8.78 Å². The number of fused-ring (bicyclic) bond motifs is 2. The zero-order chi connectivity index (χ0) is 25.3. The minimum absolute atomic E-state index is 0.106. The van der Waals surface area contributed by atoms with Crippen LogP contribution in [0.2, 0.25) is 0 Å². The Kier molecular flexibility index (Phi) is 7.09. The maximum atomic E-state index is 13.4. The number of β-amino-alcohol motifs (C(OH)–C–C–N with tert-alkyl or cyclic N) is 1. The molecule has 1 amide bonds. The van der Waals surface area contributed by atoms with Crippen molar-refractivity contribution in [2.24, 2.45) is 11.8 Å². The summed E-state index contributed by atoms with van der Waals surface area (Å²) in [5, 5.41) is 11.0. The molecule has 0 bridgehead atoms. The molecule has 4 nitrogen and oxygen atoms in total. The summed E-state index contributed by atoms with van der Waals surface area (Å²) < 4.78 is 26.7. The average molecular weight is 493 g/mol. The van der Waals surface area contributed by atoms with Crippen molar-refractivity contribution in [3.8, 4) is 0 Å². The molecular weight excluding hydrogens is 458 g/mol. The van der Waals surface area contributed by atoms with Crippen LogP contribution in [0, 0.1) is 23.5 Å². The summed E-state index contributed by atoms with van der Waals surface area (Å²) in [6.07, 6.45) is 9.60. The van der Waals surface area contributed by atoms with Gasteiger partial charge in [-0.3, -0.25) is 4.79 Å². The number of allylic oxidation sites excluding steroid dienone is 1. The number of likely N-dealkylation sites (tertiary alicyclic amines) is 2. The van der Waals surface area contributed by atoms with Crippen molar-refractivity contribution >= 4 is 18.1 Å². The standard InChI is InChI=1S/C30H34F2N2O2/c1-21-19-33(15-12-30(21)11-8-23-4-2-3-5-27(23)30)20-28(35)24-9-13-34(14-10-24)29(36)7-6-22-16-25(31)18-26(32)17-22/h2-8,11,16-18,21,24,28,35H,9-10,12-15,19-20H2,1H3/t21-,28?,30+/m1/s1. The zero-order valence-electron chi connectivity index (χ0n) is 20.7. The maximum Gasteiger partial charge on any atom is 0.246 e. The van der Waals surface area contributed by atoms with Crippen molar-refractivity contribution in [2.75, 3.05) is 32.7 Å². The molecule has 3 aliphatic rings. The highest BCUT2D eigenvalue weighted by atomic mass is 19.1. The van der Waals surface area contributed by atoms with Crippen molar-refractivity contribution in [1.29, 1.82) is 0 Å². The van der Waals surface area contributed by atoms with Gasteiger partial charge in [0.2, 0.25) is 5.91 Å². The number of piperidine rings is 2. The summed E-state index contributed by atoms with van der Waals surface area (Å²) in [5.41, 5.74) is 3.19. The third-order valence-electron chi connectivity index (χ3n) is 8.42. The summed E-state index contributed by atoms with van der Waals surface area (Å²) in [6, 6.07) is 11.9. The summed E-state index contributed by atoms with van der Waals surface area (Å²) in [5.74, 6) is -0.878. The lowest BCUT2D eigenvalue weighted by Crippen LogP contribution is -2.51. The molecule has 0 saturated carbocycles. The van der Waals surface area contributed by atoms with Gasteiger partial charge in [0.15, 0.2) is 0 Å². The fourth-order valence-electron chi connectivity index (χ4n) is 6.30. The molecule has 2 aromatic rings. The van der Waals surface area contributed by atoms with Gasteiger partial charge in [-0.1, -0.05) is 43.3 Å². The average Bonchev–Trinajstić information content (AvgIpc) is 3.24. The molecule has 6 heteroatoms. The molecule has 1 aliphatic carbocycles. The van der Waals surface area contributed by atoms with Gasteiger partial charge in [0.1, 0.15) is 11.6 Å². The maximum absolute atomic E-state index is 13.4. The van der Waals surface area contributed by atoms with Crippen molar-refractivity contribution in [1.82, 2.24) is 9.80 Å². The molecule has 0 radical (unpaired) electrons. The first-order valence-electron chi connectivity index (χ1n) is 13.0. The van der Waals surface area contributed by atoms with Crippen molar-refractivity contribution in [3.63, 3.8) is 0 Å². The van der Waals surface area contributed by atoms with Crippen LogP contribution in [0.3, 0.4) is 0 Å². The van der Waals surface area contributed by atoms with Crippen LogP contribution in [-0.2, 0) is 10.2 Å². The first-order chi connectivity index (χ1) is 17.3. The molecule has 3 atom stereocenters. The van der Waals surface area contributed by atoms with E-state index in [1.807, 2.05) is 0 Å². The number of carbonyl (C=O) groups is 1. The molecule has 2 heterocycles. The van der Waals surface area contributed by atoms with E-state index in [4.69, 9.17) is 0 Å². The van der Waals surface area contributed by atoms with Gasteiger partial charge >= 0.3 is 0 Å². The van der Waals surface area contributed by atoms with Crippen molar-refractivity contribution in [3.05, 3.63) is 82.9 Å². The summed E-state index contributed by atoms with van der Waals surface area (Å²) in [6.45, 7) is 6.05. The Bertz CT molecular complexity index is 1150.